The number of hydrogen-bond acceptors (Lipinski definition) is 3. The third kappa shape index (κ3) is 1.95. The normalized spacial score (nSPS) is 10.4. The van der Waals surface area contributed by atoms with Gasteiger partial charge in [0.2, 0.25) is 5.82 Å². The summed E-state index contributed by atoms with van der Waals surface area (Å²) in [4.78, 5) is 4.36. The van der Waals surface area contributed by atoms with E-state index in [0.29, 0.717) is 11.7 Å². The molecule has 0 bridgehead atoms. The van der Waals surface area contributed by atoms with Gasteiger partial charge in [0.25, 0.3) is 5.89 Å². The number of nitrogens with zero attached hydrogens (tertiary/aromatic N) is 2. The molecule has 3 aromatic rings. The van der Waals surface area contributed by atoms with Crippen molar-refractivity contribution < 1.29 is 4.52 Å². The van der Waals surface area contributed by atoms with Crippen molar-refractivity contribution in [3.63, 3.8) is 0 Å². The molecule has 0 unspecified atom stereocenters. The van der Waals surface area contributed by atoms with Gasteiger partial charge in [-0.25, -0.2) is 0 Å². The van der Waals surface area contributed by atoms with E-state index >= 15 is 0 Å². The monoisotopic (exact) mass is 221 g/mol. The molecule has 2 aromatic carbocycles. The third-order valence-corrected chi connectivity index (χ3v) is 2.42. The molecule has 0 spiro atoms. The topological polar surface area (TPSA) is 38.9 Å². The minimum absolute atomic E-state index is 0.526. The molecule has 0 atom stereocenters. The van der Waals surface area contributed by atoms with E-state index in [1.807, 2.05) is 54.6 Å². The maximum Gasteiger partial charge on any atom is 0.258 e. The summed E-state index contributed by atoms with van der Waals surface area (Å²) in [5.74, 6) is 1.13. The zero-order valence-electron chi connectivity index (χ0n) is 9.00. The number of benzene rings is 2. The van der Waals surface area contributed by atoms with Gasteiger partial charge in [-0.2, -0.15) is 4.98 Å². The van der Waals surface area contributed by atoms with E-state index in [2.05, 4.69) is 16.2 Å². The van der Waals surface area contributed by atoms with Crippen LogP contribution in [0.15, 0.2) is 59.1 Å². The van der Waals surface area contributed by atoms with Gasteiger partial charge in [-0.05, 0) is 18.2 Å². The lowest BCUT2D eigenvalue weighted by molar-refractivity contribution is 0.432. The molecule has 3 rings (SSSR count). The van der Waals surface area contributed by atoms with Crippen LogP contribution in [0.25, 0.3) is 22.8 Å². The lowest BCUT2D eigenvalue weighted by atomic mass is 10.2. The lowest BCUT2D eigenvalue weighted by Gasteiger charge is -1.91. The molecule has 0 saturated carbocycles. The molecule has 17 heavy (non-hydrogen) atoms. The van der Waals surface area contributed by atoms with Crippen molar-refractivity contribution in [3.05, 3.63) is 60.7 Å². The standard InChI is InChI=1S/C14H9N2O/c1-3-7-11(8-4-1)13-15-14(17-16-13)12-9-5-2-6-10-12/h1,3-10H. The van der Waals surface area contributed by atoms with Crippen LogP contribution >= 0.6 is 0 Å². The van der Waals surface area contributed by atoms with Crippen LogP contribution in [-0.2, 0) is 0 Å². The Balaban J connectivity index is 1.99. The molecule has 1 heterocycles. The summed E-state index contributed by atoms with van der Waals surface area (Å²) >= 11 is 0. The van der Waals surface area contributed by atoms with E-state index in [9.17, 15) is 0 Å². The minimum Gasteiger partial charge on any atom is -0.334 e. The highest BCUT2D eigenvalue weighted by atomic mass is 16.5. The highest BCUT2D eigenvalue weighted by Crippen LogP contribution is 2.21. The average Bonchev–Trinajstić information content (AvgIpc) is 2.90. The molecule has 0 fully saturated rings. The highest BCUT2D eigenvalue weighted by Gasteiger charge is 2.09. The molecule has 0 aliphatic carbocycles. The van der Waals surface area contributed by atoms with Gasteiger partial charge in [0, 0.05) is 11.1 Å². The maximum absolute atomic E-state index is 5.23. The Hall–Kier alpha value is -2.42. The van der Waals surface area contributed by atoms with Gasteiger partial charge in [-0.1, -0.05) is 47.6 Å². The van der Waals surface area contributed by atoms with E-state index < -0.39 is 0 Å². The van der Waals surface area contributed by atoms with Crippen LogP contribution in [0.1, 0.15) is 0 Å². The van der Waals surface area contributed by atoms with Crippen LogP contribution in [0.2, 0.25) is 0 Å². The molecule has 81 valence electrons. The summed E-state index contributed by atoms with van der Waals surface area (Å²) in [6.45, 7) is 0. The van der Waals surface area contributed by atoms with Crippen LogP contribution in [0.3, 0.4) is 0 Å². The first-order chi connectivity index (χ1) is 8.43. The highest BCUT2D eigenvalue weighted by molar-refractivity contribution is 5.59. The van der Waals surface area contributed by atoms with E-state index in [1.165, 1.54) is 0 Å². The van der Waals surface area contributed by atoms with Crippen molar-refractivity contribution in [1.82, 2.24) is 10.1 Å². The first kappa shape index (κ1) is 9.78. The fraction of sp³-hybridized carbons (Fsp3) is 0. The number of rotatable bonds is 2. The van der Waals surface area contributed by atoms with Crippen LogP contribution in [0.5, 0.6) is 0 Å². The third-order valence-electron chi connectivity index (χ3n) is 2.42. The van der Waals surface area contributed by atoms with Crippen molar-refractivity contribution in [3.8, 4) is 22.8 Å². The first-order valence-corrected chi connectivity index (χ1v) is 5.29. The van der Waals surface area contributed by atoms with E-state index in [4.69, 9.17) is 4.52 Å². The zero-order chi connectivity index (χ0) is 11.5. The Kier molecular flexibility index (Phi) is 2.43. The van der Waals surface area contributed by atoms with Crippen molar-refractivity contribution in [2.45, 2.75) is 0 Å². The molecular formula is C14H9N2O. The second-order valence-corrected chi connectivity index (χ2v) is 3.58. The van der Waals surface area contributed by atoms with Crippen LogP contribution in [0, 0.1) is 6.07 Å². The Morgan fingerprint density at radius 3 is 2.41 bits per heavy atom. The summed E-state index contributed by atoms with van der Waals surface area (Å²) < 4.78 is 5.23. The van der Waals surface area contributed by atoms with E-state index in [1.54, 1.807) is 0 Å². The van der Waals surface area contributed by atoms with Crippen LogP contribution < -0.4 is 0 Å². The van der Waals surface area contributed by atoms with Crippen molar-refractivity contribution >= 4 is 0 Å². The molecule has 3 heteroatoms. The Bertz CT molecular complexity index is 548. The summed E-state index contributed by atoms with van der Waals surface area (Å²) in [5.41, 5.74) is 1.85. The summed E-state index contributed by atoms with van der Waals surface area (Å²) in [5, 5.41) is 3.97. The smallest absolute Gasteiger partial charge is 0.258 e. The van der Waals surface area contributed by atoms with Gasteiger partial charge in [-0.15, -0.1) is 0 Å². The first-order valence-electron chi connectivity index (χ1n) is 5.29. The largest absolute Gasteiger partial charge is 0.334 e. The minimum atomic E-state index is 0.526. The van der Waals surface area contributed by atoms with Crippen molar-refractivity contribution in [1.29, 1.82) is 0 Å². The average molecular weight is 221 g/mol. The van der Waals surface area contributed by atoms with Gasteiger partial charge < -0.3 is 4.52 Å². The second-order valence-electron chi connectivity index (χ2n) is 3.58. The van der Waals surface area contributed by atoms with Gasteiger partial charge in [0.05, 0.1) is 0 Å². The molecular weight excluding hydrogens is 212 g/mol. The Labute approximate surface area is 98.7 Å². The maximum atomic E-state index is 5.23. The summed E-state index contributed by atoms with van der Waals surface area (Å²) in [6.07, 6.45) is 0. The van der Waals surface area contributed by atoms with Crippen LogP contribution in [0.4, 0.5) is 0 Å². The SMILES string of the molecule is [c]1ccc(-c2nc(-c3ccccc3)no2)cc1. The Morgan fingerprint density at radius 1 is 0.882 bits per heavy atom. The van der Waals surface area contributed by atoms with Gasteiger partial charge >= 0.3 is 0 Å². The van der Waals surface area contributed by atoms with E-state index in [-0.39, 0.29) is 0 Å². The van der Waals surface area contributed by atoms with E-state index in [0.717, 1.165) is 11.1 Å². The predicted octanol–water partition coefficient (Wildman–Crippen LogP) is 3.20. The van der Waals surface area contributed by atoms with Gasteiger partial charge in [0.1, 0.15) is 0 Å². The molecule has 1 radical (unpaired) electrons. The summed E-state index contributed by atoms with van der Waals surface area (Å²) in [7, 11) is 0. The molecule has 0 amide bonds. The lowest BCUT2D eigenvalue weighted by Crippen LogP contribution is -1.80. The zero-order valence-corrected chi connectivity index (χ0v) is 9.00. The fourth-order valence-corrected chi connectivity index (χ4v) is 1.57. The molecule has 3 nitrogen and oxygen atoms in total. The fourth-order valence-electron chi connectivity index (χ4n) is 1.57. The van der Waals surface area contributed by atoms with Crippen molar-refractivity contribution in [2.24, 2.45) is 0 Å². The van der Waals surface area contributed by atoms with Crippen molar-refractivity contribution in [2.75, 3.05) is 0 Å². The molecule has 1 aromatic heterocycles. The molecule has 0 aliphatic heterocycles. The molecule has 0 aliphatic rings. The van der Waals surface area contributed by atoms with Crippen LogP contribution in [-0.4, -0.2) is 10.1 Å². The quantitative estimate of drug-likeness (QED) is 0.667. The predicted molar refractivity (Wildman–Crippen MR) is 64.0 cm³/mol. The molecule has 0 saturated heterocycles. The number of hydrogen-bond donors (Lipinski definition) is 0. The summed E-state index contributed by atoms with van der Waals surface area (Å²) in [6, 6.07) is 20.1. The van der Waals surface area contributed by atoms with Gasteiger partial charge in [-0.3, -0.25) is 0 Å². The second kappa shape index (κ2) is 4.22. The number of aromatic nitrogens is 2. The Morgan fingerprint density at radius 2 is 1.65 bits per heavy atom. The molecule has 0 N–H and O–H groups in total. The van der Waals surface area contributed by atoms with Gasteiger partial charge in [0.15, 0.2) is 0 Å².